The lowest BCUT2D eigenvalue weighted by Gasteiger charge is -2.33. The van der Waals surface area contributed by atoms with Crippen molar-refractivity contribution in [2.45, 2.75) is 79.1 Å². The molecule has 2 aromatic carbocycles. The molecular formula is C29H36N6O3. The number of fused-ring (bicyclic) bond motifs is 2. The minimum absolute atomic E-state index is 0.0819. The number of aryl methyl sites for hydroxylation is 2. The van der Waals surface area contributed by atoms with Crippen LogP contribution in [0, 0.1) is 13.8 Å². The zero-order valence-electron chi connectivity index (χ0n) is 23.0. The highest BCUT2D eigenvalue weighted by atomic mass is 16.7. The molecule has 5 rings (SSSR count). The summed E-state index contributed by atoms with van der Waals surface area (Å²) in [6.45, 7) is 13.9. The molecule has 0 radical (unpaired) electrons. The first-order chi connectivity index (χ1) is 18.2. The van der Waals surface area contributed by atoms with E-state index in [1.807, 2.05) is 41.9 Å². The van der Waals surface area contributed by atoms with Gasteiger partial charge >= 0.3 is 0 Å². The Kier molecular flexibility index (Phi) is 6.96. The quantitative estimate of drug-likeness (QED) is 0.328. The van der Waals surface area contributed by atoms with E-state index in [-0.39, 0.29) is 23.9 Å². The van der Waals surface area contributed by atoms with Crippen LogP contribution >= 0.6 is 0 Å². The number of aromatic nitrogens is 5. The van der Waals surface area contributed by atoms with Crippen molar-refractivity contribution in [3.63, 3.8) is 0 Å². The van der Waals surface area contributed by atoms with E-state index in [0.717, 1.165) is 57.8 Å². The van der Waals surface area contributed by atoms with Gasteiger partial charge in [0.1, 0.15) is 0 Å². The zero-order valence-corrected chi connectivity index (χ0v) is 23.0. The van der Waals surface area contributed by atoms with Crippen LogP contribution in [0.3, 0.4) is 0 Å². The normalized spacial score (nSPS) is 14.0. The Bertz CT molecular complexity index is 1520. The molecule has 0 saturated carbocycles. The highest BCUT2D eigenvalue weighted by Crippen LogP contribution is 2.35. The first-order valence-corrected chi connectivity index (χ1v) is 13.2. The van der Waals surface area contributed by atoms with Gasteiger partial charge in [0.15, 0.2) is 17.3 Å². The maximum atomic E-state index is 13.3. The largest absolute Gasteiger partial charge is 0.454 e. The molecule has 3 heterocycles. The second kappa shape index (κ2) is 10.2. The first kappa shape index (κ1) is 25.9. The smallest absolute Gasteiger partial charge is 0.252 e. The number of benzene rings is 2. The fraction of sp³-hybridized carbons (Fsp3) is 0.448. The Morgan fingerprint density at radius 1 is 1.08 bits per heavy atom. The van der Waals surface area contributed by atoms with Crippen molar-refractivity contribution in [1.29, 1.82) is 0 Å². The van der Waals surface area contributed by atoms with E-state index in [4.69, 9.17) is 9.47 Å². The molecule has 4 aromatic rings. The van der Waals surface area contributed by atoms with Gasteiger partial charge in [0.05, 0.1) is 11.6 Å². The molecule has 1 aliphatic heterocycles. The highest BCUT2D eigenvalue weighted by molar-refractivity contribution is 5.83. The second-order valence-electron chi connectivity index (χ2n) is 10.8. The third-order valence-electron chi connectivity index (χ3n) is 7.64. The highest BCUT2D eigenvalue weighted by Gasteiger charge is 2.31. The molecule has 9 nitrogen and oxygen atoms in total. The third kappa shape index (κ3) is 4.90. The average Bonchev–Trinajstić information content (AvgIpc) is 3.55. The molecule has 0 fully saturated rings. The van der Waals surface area contributed by atoms with Crippen LogP contribution in [0.25, 0.3) is 10.9 Å². The summed E-state index contributed by atoms with van der Waals surface area (Å²) in [6.07, 6.45) is 1.65. The molecule has 9 heteroatoms. The number of nitrogens with zero attached hydrogens (tertiary/aromatic N) is 5. The van der Waals surface area contributed by atoms with E-state index in [2.05, 4.69) is 66.1 Å². The van der Waals surface area contributed by atoms with E-state index in [0.29, 0.717) is 18.7 Å². The lowest BCUT2D eigenvalue weighted by molar-refractivity contribution is 0.150. The van der Waals surface area contributed by atoms with Crippen molar-refractivity contribution in [2.24, 2.45) is 0 Å². The molecule has 1 N–H and O–H groups in total. The lowest BCUT2D eigenvalue weighted by Crippen LogP contribution is -2.36. The van der Waals surface area contributed by atoms with Crippen molar-refractivity contribution in [3.05, 3.63) is 74.8 Å². The summed E-state index contributed by atoms with van der Waals surface area (Å²) in [7, 11) is 0. The number of nitrogens with one attached hydrogen (secondary N) is 1. The SMILES string of the molecule is CC[C@H](c1nnnn1C(C)(C)CC)N(Cc1ccc2c(c1)OCO2)Cc1cc2c(C)cc(C)cc2[nH]c1=O. The van der Waals surface area contributed by atoms with Crippen molar-refractivity contribution in [1.82, 2.24) is 30.1 Å². The second-order valence-corrected chi connectivity index (χ2v) is 10.8. The Hall–Kier alpha value is -3.72. The van der Waals surface area contributed by atoms with Gasteiger partial charge in [0.25, 0.3) is 5.56 Å². The number of tetrazole rings is 1. The Morgan fingerprint density at radius 3 is 2.63 bits per heavy atom. The van der Waals surface area contributed by atoms with E-state index < -0.39 is 0 Å². The number of pyridine rings is 1. The van der Waals surface area contributed by atoms with Crippen molar-refractivity contribution in [3.8, 4) is 11.5 Å². The van der Waals surface area contributed by atoms with Gasteiger partial charge in [-0.3, -0.25) is 9.69 Å². The third-order valence-corrected chi connectivity index (χ3v) is 7.64. The zero-order chi connectivity index (χ0) is 27.0. The average molecular weight is 517 g/mol. The van der Waals surface area contributed by atoms with Gasteiger partial charge in [-0.15, -0.1) is 5.10 Å². The van der Waals surface area contributed by atoms with Crippen LogP contribution in [-0.2, 0) is 18.6 Å². The fourth-order valence-electron chi connectivity index (χ4n) is 5.19. The van der Waals surface area contributed by atoms with E-state index >= 15 is 0 Å². The number of H-pyrrole nitrogens is 1. The lowest BCUT2D eigenvalue weighted by atomic mass is 10.0. The minimum atomic E-state index is -0.244. The van der Waals surface area contributed by atoms with Gasteiger partial charge in [-0.1, -0.05) is 26.0 Å². The van der Waals surface area contributed by atoms with Crippen molar-refractivity contribution in [2.75, 3.05) is 6.79 Å². The molecule has 0 unspecified atom stereocenters. The van der Waals surface area contributed by atoms with Gasteiger partial charge in [-0.05, 0) is 91.9 Å². The summed E-state index contributed by atoms with van der Waals surface area (Å²) < 4.78 is 13.1. The monoisotopic (exact) mass is 516 g/mol. The van der Waals surface area contributed by atoms with Gasteiger partial charge in [-0.25, -0.2) is 4.68 Å². The molecule has 0 saturated heterocycles. The van der Waals surface area contributed by atoms with Crippen LogP contribution in [0.5, 0.6) is 11.5 Å². The summed E-state index contributed by atoms with van der Waals surface area (Å²) in [5.41, 5.74) is 4.56. The van der Waals surface area contributed by atoms with Crippen LogP contribution in [0.4, 0.5) is 0 Å². The topological polar surface area (TPSA) is 98.2 Å². The Morgan fingerprint density at radius 2 is 1.87 bits per heavy atom. The molecule has 1 aliphatic rings. The van der Waals surface area contributed by atoms with E-state index in [1.54, 1.807) is 0 Å². The first-order valence-electron chi connectivity index (χ1n) is 13.2. The summed E-state index contributed by atoms with van der Waals surface area (Å²) in [5, 5.41) is 14.0. The molecule has 1 atom stereocenters. The molecule has 38 heavy (non-hydrogen) atoms. The van der Waals surface area contributed by atoms with Gasteiger partial charge in [0, 0.05) is 29.6 Å². The molecule has 2 aromatic heterocycles. The van der Waals surface area contributed by atoms with Crippen molar-refractivity contribution >= 4 is 10.9 Å². The number of ether oxygens (including phenoxy) is 2. The fourth-order valence-corrected chi connectivity index (χ4v) is 5.19. The van der Waals surface area contributed by atoms with Crippen LogP contribution < -0.4 is 15.0 Å². The maximum absolute atomic E-state index is 13.3. The molecule has 0 amide bonds. The summed E-state index contributed by atoms with van der Waals surface area (Å²) in [5.74, 6) is 2.28. The predicted octanol–water partition coefficient (Wildman–Crippen LogP) is 5.16. The standard InChI is InChI=1S/C29H36N6O3/c1-7-24(27-31-32-33-35(27)29(5,6)8-2)34(15-20-9-10-25-26(13-20)38-17-37-25)16-21-14-22-19(4)11-18(3)12-23(22)30-28(21)36/h9-14,24H,7-8,15-17H2,1-6H3,(H,30,36)/t24-/m1/s1. The summed E-state index contributed by atoms with van der Waals surface area (Å²) in [4.78, 5) is 18.7. The van der Waals surface area contributed by atoms with Crippen LogP contribution in [-0.4, -0.2) is 36.9 Å². The Balaban J connectivity index is 1.58. The van der Waals surface area contributed by atoms with Crippen LogP contribution in [0.1, 0.15) is 74.7 Å². The number of hydrogen-bond donors (Lipinski definition) is 1. The van der Waals surface area contributed by atoms with Gasteiger partial charge in [0.2, 0.25) is 6.79 Å². The maximum Gasteiger partial charge on any atom is 0.252 e. The molecule has 200 valence electrons. The van der Waals surface area contributed by atoms with Gasteiger partial charge < -0.3 is 14.5 Å². The van der Waals surface area contributed by atoms with Crippen LogP contribution in [0.2, 0.25) is 0 Å². The molecule has 0 bridgehead atoms. The van der Waals surface area contributed by atoms with Crippen LogP contribution in [0.15, 0.2) is 41.2 Å². The number of aromatic amines is 1. The number of rotatable bonds is 9. The van der Waals surface area contributed by atoms with Gasteiger partial charge in [-0.2, -0.15) is 0 Å². The molecular weight excluding hydrogens is 480 g/mol. The van der Waals surface area contributed by atoms with E-state index in [9.17, 15) is 4.79 Å². The summed E-state index contributed by atoms with van der Waals surface area (Å²) in [6, 6.07) is 12.1. The molecule has 0 aliphatic carbocycles. The van der Waals surface area contributed by atoms with E-state index in [1.165, 1.54) is 0 Å². The minimum Gasteiger partial charge on any atom is -0.454 e. The number of hydrogen-bond acceptors (Lipinski definition) is 7. The Labute approximate surface area is 222 Å². The predicted molar refractivity (Wildman–Crippen MR) is 146 cm³/mol. The van der Waals surface area contributed by atoms with Crippen molar-refractivity contribution < 1.29 is 9.47 Å². The molecule has 0 spiro atoms. The summed E-state index contributed by atoms with van der Waals surface area (Å²) >= 11 is 0.